The Morgan fingerprint density at radius 2 is 2.11 bits per heavy atom. The summed E-state index contributed by atoms with van der Waals surface area (Å²) in [7, 11) is 0. The fourth-order valence-corrected chi connectivity index (χ4v) is 3.62. The lowest BCUT2D eigenvalue weighted by atomic mass is 9.87. The third kappa shape index (κ3) is 4.07. The van der Waals surface area contributed by atoms with Crippen LogP contribution in [0.25, 0.3) is 0 Å². The molecule has 142 valence electrons. The van der Waals surface area contributed by atoms with Crippen LogP contribution in [-0.2, 0) is 22.6 Å². The Kier molecular flexibility index (Phi) is 4.75. The molecule has 1 aromatic heterocycles. The Morgan fingerprint density at radius 3 is 2.89 bits per heavy atom. The monoisotopic (exact) mass is 370 g/mol. The molecule has 4 rings (SSSR count). The van der Waals surface area contributed by atoms with Crippen molar-refractivity contribution in [3.63, 3.8) is 0 Å². The van der Waals surface area contributed by atoms with Gasteiger partial charge in [-0.2, -0.15) is 0 Å². The summed E-state index contributed by atoms with van der Waals surface area (Å²) in [6, 6.07) is 9.35. The largest absolute Gasteiger partial charge is 0.469 e. The van der Waals surface area contributed by atoms with Crippen molar-refractivity contribution in [3.8, 4) is 11.5 Å². The second-order valence-corrected chi connectivity index (χ2v) is 7.05. The Balaban J connectivity index is 1.31. The fourth-order valence-electron chi connectivity index (χ4n) is 3.62. The molecule has 2 amide bonds. The Hall–Kier alpha value is -2.96. The van der Waals surface area contributed by atoms with E-state index in [9.17, 15) is 9.59 Å². The highest BCUT2D eigenvalue weighted by molar-refractivity contribution is 5.80. The predicted octanol–water partition coefficient (Wildman–Crippen LogP) is 2.30. The summed E-state index contributed by atoms with van der Waals surface area (Å²) in [6.45, 7) is 0.654. The first-order chi connectivity index (χ1) is 13.1. The molecule has 1 fully saturated rings. The number of hydrogen-bond donors (Lipinski definition) is 2. The molecule has 2 aliphatic heterocycles. The minimum Gasteiger partial charge on any atom is -0.469 e. The summed E-state index contributed by atoms with van der Waals surface area (Å²) in [5.74, 6) is 2.22. The molecule has 7 heteroatoms. The van der Waals surface area contributed by atoms with E-state index >= 15 is 0 Å². The first-order valence-electron chi connectivity index (χ1n) is 9.11. The van der Waals surface area contributed by atoms with Gasteiger partial charge >= 0.3 is 0 Å². The van der Waals surface area contributed by atoms with Crippen LogP contribution in [0.3, 0.4) is 0 Å². The van der Waals surface area contributed by atoms with Crippen LogP contribution in [0.5, 0.6) is 11.5 Å². The summed E-state index contributed by atoms with van der Waals surface area (Å²) >= 11 is 0. The number of rotatable bonds is 7. The van der Waals surface area contributed by atoms with Crippen molar-refractivity contribution in [1.82, 2.24) is 10.6 Å². The third-order valence-corrected chi connectivity index (χ3v) is 5.09. The van der Waals surface area contributed by atoms with Gasteiger partial charge < -0.3 is 24.5 Å². The molecular weight excluding hydrogens is 348 g/mol. The normalized spacial score (nSPS) is 20.5. The zero-order chi connectivity index (χ0) is 18.7. The molecular formula is C20H22N2O5. The molecule has 1 aromatic carbocycles. The van der Waals surface area contributed by atoms with Crippen molar-refractivity contribution in [3.05, 3.63) is 47.9 Å². The molecule has 2 aliphatic rings. The SMILES string of the molecule is O=C(CCC1(Cc2ccco2)CCC(=O)N1)NCc1ccc2c(c1)OCO2. The maximum Gasteiger partial charge on any atom is 0.231 e. The third-order valence-electron chi connectivity index (χ3n) is 5.09. The Labute approximate surface area is 157 Å². The first-order valence-corrected chi connectivity index (χ1v) is 9.11. The van der Waals surface area contributed by atoms with Crippen LogP contribution >= 0.6 is 0 Å². The fraction of sp³-hybridized carbons (Fsp3) is 0.400. The van der Waals surface area contributed by atoms with Gasteiger partial charge in [0.05, 0.1) is 6.26 Å². The van der Waals surface area contributed by atoms with E-state index in [2.05, 4.69) is 10.6 Å². The van der Waals surface area contributed by atoms with Gasteiger partial charge in [0.1, 0.15) is 5.76 Å². The Bertz CT molecular complexity index is 833. The summed E-state index contributed by atoms with van der Waals surface area (Å²) in [5.41, 5.74) is 0.539. The quantitative estimate of drug-likeness (QED) is 0.781. The van der Waals surface area contributed by atoms with E-state index in [4.69, 9.17) is 13.9 Å². The summed E-state index contributed by atoms with van der Waals surface area (Å²) in [6.07, 6.45) is 4.33. The molecule has 0 radical (unpaired) electrons. The molecule has 0 bridgehead atoms. The molecule has 1 atom stereocenters. The van der Waals surface area contributed by atoms with E-state index in [1.165, 1.54) is 0 Å². The van der Waals surface area contributed by atoms with E-state index in [0.717, 1.165) is 17.1 Å². The number of ether oxygens (including phenoxy) is 2. The van der Waals surface area contributed by atoms with Crippen molar-refractivity contribution in [2.75, 3.05) is 6.79 Å². The highest BCUT2D eigenvalue weighted by atomic mass is 16.7. The molecule has 1 saturated heterocycles. The van der Waals surface area contributed by atoms with Crippen molar-refractivity contribution in [2.24, 2.45) is 0 Å². The van der Waals surface area contributed by atoms with Crippen LogP contribution in [0.2, 0.25) is 0 Å². The number of nitrogens with one attached hydrogen (secondary N) is 2. The summed E-state index contributed by atoms with van der Waals surface area (Å²) < 4.78 is 16.1. The lowest BCUT2D eigenvalue weighted by Gasteiger charge is -2.28. The van der Waals surface area contributed by atoms with Gasteiger partial charge in [-0.1, -0.05) is 6.07 Å². The maximum atomic E-state index is 12.3. The highest BCUT2D eigenvalue weighted by Crippen LogP contribution is 2.32. The van der Waals surface area contributed by atoms with Crippen LogP contribution in [0.1, 0.15) is 37.0 Å². The molecule has 0 aliphatic carbocycles. The van der Waals surface area contributed by atoms with Crippen LogP contribution in [0, 0.1) is 0 Å². The maximum absolute atomic E-state index is 12.3. The first kappa shape index (κ1) is 17.5. The van der Waals surface area contributed by atoms with Gasteiger partial charge in [0.15, 0.2) is 11.5 Å². The van der Waals surface area contributed by atoms with Gasteiger partial charge in [0.25, 0.3) is 0 Å². The summed E-state index contributed by atoms with van der Waals surface area (Å²) in [4.78, 5) is 24.1. The predicted molar refractivity (Wildman–Crippen MR) is 96.2 cm³/mol. The smallest absolute Gasteiger partial charge is 0.231 e. The molecule has 7 nitrogen and oxygen atoms in total. The van der Waals surface area contributed by atoms with Gasteiger partial charge in [0.2, 0.25) is 18.6 Å². The van der Waals surface area contributed by atoms with Gasteiger partial charge in [-0.05, 0) is 42.7 Å². The number of hydrogen-bond acceptors (Lipinski definition) is 5. The van der Waals surface area contributed by atoms with Crippen molar-refractivity contribution >= 4 is 11.8 Å². The summed E-state index contributed by atoms with van der Waals surface area (Å²) in [5, 5.41) is 5.98. The highest BCUT2D eigenvalue weighted by Gasteiger charge is 2.38. The number of amides is 2. The second-order valence-electron chi connectivity index (χ2n) is 7.05. The van der Waals surface area contributed by atoms with Crippen molar-refractivity contribution in [2.45, 2.75) is 44.2 Å². The van der Waals surface area contributed by atoms with Crippen LogP contribution in [0.15, 0.2) is 41.0 Å². The molecule has 3 heterocycles. The van der Waals surface area contributed by atoms with E-state index in [-0.39, 0.29) is 18.6 Å². The standard InChI is InChI=1S/C20H22N2O5/c23-18(21-12-14-3-4-16-17(10-14)27-13-26-16)5-7-20(8-6-19(24)22-20)11-15-2-1-9-25-15/h1-4,9-10H,5-8,11-13H2,(H,21,23)(H,22,24). The zero-order valence-corrected chi connectivity index (χ0v) is 15.0. The Morgan fingerprint density at radius 1 is 1.22 bits per heavy atom. The second kappa shape index (κ2) is 7.34. The molecule has 27 heavy (non-hydrogen) atoms. The lowest BCUT2D eigenvalue weighted by Crippen LogP contribution is -2.44. The van der Waals surface area contributed by atoms with E-state index in [1.807, 2.05) is 30.3 Å². The van der Waals surface area contributed by atoms with Gasteiger partial charge in [0, 0.05) is 31.3 Å². The topological polar surface area (TPSA) is 89.8 Å². The number of carbonyl (C=O) groups excluding carboxylic acids is 2. The zero-order valence-electron chi connectivity index (χ0n) is 15.0. The lowest BCUT2D eigenvalue weighted by molar-refractivity contribution is -0.122. The number of fused-ring (bicyclic) bond motifs is 1. The molecule has 0 saturated carbocycles. The average molecular weight is 370 g/mol. The van der Waals surface area contributed by atoms with Crippen LogP contribution < -0.4 is 20.1 Å². The van der Waals surface area contributed by atoms with Gasteiger partial charge in [-0.3, -0.25) is 9.59 Å². The molecule has 0 spiro atoms. The van der Waals surface area contributed by atoms with Gasteiger partial charge in [-0.25, -0.2) is 0 Å². The minimum absolute atomic E-state index is 0.0299. The van der Waals surface area contributed by atoms with Crippen molar-refractivity contribution in [1.29, 1.82) is 0 Å². The molecule has 1 unspecified atom stereocenters. The minimum atomic E-state index is -0.412. The number of benzene rings is 1. The van der Waals surface area contributed by atoms with Crippen molar-refractivity contribution < 1.29 is 23.5 Å². The molecule has 2 N–H and O–H groups in total. The number of furan rings is 1. The van der Waals surface area contributed by atoms with E-state index in [1.54, 1.807) is 6.26 Å². The van der Waals surface area contributed by atoms with Gasteiger partial charge in [-0.15, -0.1) is 0 Å². The molecule has 2 aromatic rings. The van der Waals surface area contributed by atoms with E-state index < -0.39 is 5.54 Å². The van der Waals surface area contributed by atoms with Crippen LogP contribution in [0.4, 0.5) is 0 Å². The average Bonchev–Trinajstić information content (AvgIpc) is 3.40. The van der Waals surface area contributed by atoms with E-state index in [0.29, 0.717) is 44.4 Å². The number of carbonyl (C=O) groups is 2. The van der Waals surface area contributed by atoms with Crippen LogP contribution in [-0.4, -0.2) is 24.1 Å².